The molecule has 0 unspecified atom stereocenters. The van der Waals surface area contributed by atoms with Crippen molar-refractivity contribution < 1.29 is 26.3 Å². The number of rotatable bonds is 1. The van der Waals surface area contributed by atoms with E-state index in [-0.39, 0.29) is 0 Å². The molecule has 0 saturated carbocycles. The van der Waals surface area contributed by atoms with Gasteiger partial charge in [0.05, 0.1) is 5.56 Å². The Labute approximate surface area is 81.5 Å². The average Bonchev–Trinajstić information content (AvgIpc) is 2.00. The van der Waals surface area contributed by atoms with E-state index in [1.165, 1.54) is 0 Å². The van der Waals surface area contributed by atoms with Gasteiger partial charge in [0.25, 0.3) is 0 Å². The molecule has 0 aliphatic rings. The molecule has 0 fully saturated rings. The van der Waals surface area contributed by atoms with E-state index < -0.39 is 29.0 Å². The Bertz CT molecular complexity index is 345. The van der Waals surface area contributed by atoms with Gasteiger partial charge in [-0.05, 0) is 18.6 Å². The zero-order chi connectivity index (χ0) is 11.9. The van der Waals surface area contributed by atoms with Gasteiger partial charge in [0, 0.05) is 0 Å². The second kappa shape index (κ2) is 3.43. The topological polar surface area (TPSA) is 0 Å². The highest BCUT2D eigenvalue weighted by molar-refractivity contribution is 5.32. The summed E-state index contributed by atoms with van der Waals surface area (Å²) in [6.45, 7) is 0.998. The van der Waals surface area contributed by atoms with Crippen LogP contribution in [0.25, 0.3) is 0 Å². The molecule has 0 N–H and O–H groups in total. The predicted octanol–water partition coefficient (Wildman–Crippen LogP) is 3.79. The second-order valence-electron chi connectivity index (χ2n) is 3.00. The lowest BCUT2D eigenvalue weighted by Crippen LogP contribution is -2.35. The summed E-state index contributed by atoms with van der Waals surface area (Å²) in [6.07, 6.45) is -5.79. The summed E-state index contributed by atoms with van der Waals surface area (Å²) in [6, 6.07) is 2.64. The number of aryl methyl sites for hydroxylation is 1. The molecular weight excluding hydrogens is 222 g/mol. The van der Waals surface area contributed by atoms with E-state index in [4.69, 9.17) is 0 Å². The van der Waals surface area contributed by atoms with Gasteiger partial charge in [-0.3, -0.25) is 0 Å². The third kappa shape index (κ3) is 1.93. The molecule has 1 aromatic rings. The monoisotopic (exact) mass is 228 g/mol. The van der Waals surface area contributed by atoms with Gasteiger partial charge in [-0.1, -0.05) is 12.1 Å². The van der Waals surface area contributed by atoms with E-state index in [2.05, 4.69) is 0 Å². The van der Waals surface area contributed by atoms with Gasteiger partial charge in [-0.15, -0.1) is 0 Å². The summed E-state index contributed by atoms with van der Waals surface area (Å²) in [5.74, 6) is -6.72. The van der Waals surface area contributed by atoms with Crippen LogP contribution in [-0.4, -0.2) is 6.18 Å². The quantitative estimate of drug-likeness (QED) is 0.641. The number of alkyl halides is 5. The molecule has 0 radical (unpaired) electrons. The van der Waals surface area contributed by atoms with Crippen LogP contribution in [0.3, 0.4) is 0 Å². The highest BCUT2D eigenvalue weighted by Gasteiger charge is 2.60. The maximum absolute atomic E-state index is 12.9. The Morgan fingerprint density at radius 1 is 1.00 bits per heavy atom. The molecule has 0 spiro atoms. The van der Waals surface area contributed by atoms with E-state index in [0.717, 1.165) is 19.1 Å². The van der Waals surface area contributed by atoms with Gasteiger partial charge in [-0.25, -0.2) is 4.39 Å². The molecule has 0 aromatic heterocycles. The van der Waals surface area contributed by atoms with Crippen molar-refractivity contribution >= 4 is 0 Å². The summed E-state index contributed by atoms with van der Waals surface area (Å²) < 4.78 is 74.4. The molecule has 0 aliphatic carbocycles. The summed E-state index contributed by atoms with van der Waals surface area (Å²) in [4.78, 5) is 0. The maximum atomic E-state index is 12.9. The smallest absolute Gasteiger partial charge is 0.206 e. The maximum Gasteiger partial charge on any atom is 0.458 e. The van der Waals surface area contributed by atoms with Gasteiger partial charge < -0.3 is 0 Å². The molecular formula is C9H6F6. The first-order valence-corrected chi connectivity index (χ1v) is 3.88. The van der Waals surface area contributed by atoms with Crippen molar-refractivity contribution in [3.63, 3.8) is 0 Å². The predicted molar refractivity (Wildman–Crippen MR) is 41.1 cm³/mol. The Balaban J connectivity index is 3.39. The number of hydrogen-bond donors (Lipinski definition) is 0. The van der Waals surface area contributed by atoms with Crippen LogP contribution in [0, 0.1) is 12.7 Å². The third-order valence-corrected chi connectivity index (χ3v) is 1.89. The molecule has 1 rings (SSSR count). The largest absolute Gasteiger partial charge is 0.458 e. The summed E-state index contributed by atoms with van der Waals surface area (Å²) in [5.41, 5.74) is -2.05. The van der Waals surface area contributed by atoms with Crippen LogP contribution < -0.4 is 0 Å². The van der Waals surface area contributed by atoms with E-state index in [1.807, 2.05) is 0 Å². The fourth-order valence-electron chi connectivity index (χ4n) is 1.17. The Hall–Kier alpha value is -1.20. The number of hydrogen-bond acceptors (Lipinski definition) is 0. The van der Waals surface area contributed by atoms with Crippen LogP contribution in [0.1, 0.15) is 11.1 Å². The average molecular weight is 228 g/mol. The summed E-state index contributed by atoms with van der Waals surface area (Å²) in [7, 11) is 0. The highest BCUT2D eigenvalue weighted by atomic mass is 19.4. The molecule has 0 atom stereocenters. The van der Waals surface area contributed by atoms with E-state index in [0.29, 0.717) is 6.07 Å². The van der Waals surface area contributed by atoms with Crippen LogP contribution in [0.2, 0.25) is 0 Å². The molecule has 0 saturated heterocycles. The lowest BCUT2D eigenvalue weighted by molar-refractivity contribution is -0.290. The lowest BCUT2D eigenvalue weighted by atomic mass is 10.0. The lowest BCUT2D eigenvalue weighted by Gasteiger charge is -2.21. The first kappa shape index (κ1) is 11.9. The molecule has 6 heteroatoms. The highest BCUT2D eigenvalue weighted by Crippen LogP contribution is 2.45. The summed E-state index contributed by atoms with van der Waals surface area (Å²) in [5, 5.41) is 0. The minimum atomic E-state index is -5.79. The Morgan fingerprint density at radius 3 is 1.93 bits per heavy atom. The SMILES string of the molecule is Cc1cccc(F)c1C(F)(F)C(F)(F)F. The van der Waals surface area contributed by atoms with Gasteiger partial charge in [0.1, 0.15) is 5.82 Å². The fraction of sp³-hybridized carbons (Fsp3) is 0.333. The van der Waals surface area contributed by atoms with Crippen molar-refractivity contribution in [2.45, 2.75) is 19.0 Å². The van der Waals surface area contributed by atoms with Gasteiger partial charge >= 0.3 is 12.1 Å². The third-order valence-electron chi connectivity index (χ3n) is 1.89. The van der Waals surface area contributed by atoms with E-state index in [1.54, 1.807) is 0 Å². The standard InChI is InChI=1S/C9H6F6/c1-5-3-2-4-6(10)7(5)8(11,12)9(13,14)15/h2-4H,1H3. The van der Waals surface area contributed by atoms with Crippen molar-refractivity contribution in [2.24, 2.45) is 0 Å². The van der Waals surface area contributed by atoms with Gasteiger partial charge in [0.2, 0.25) is 0 Å². The first-order valence-electron chi connectivity index (χ1n) is 3.88. The molecule has 84 valence electrons. The molecule has 0 aliphatic heterocycles. The van der Waals surface area contributed by atoms with Crippen molar-refractivity contribution in [1.29, 1.82) is 0 Å². The van der Waals surface area contributed by atoms with Crippen molar-refractivity contribution in [1.82, 2.24) is 0 Å². The van der Waals surface area contributed by atoms with Crippen molar-refractivity contribution in [3.05, 3.63) is 35.1 Å². The molecule has 1 aromatic carbocycles. The Kier molecular flexibility index (Phi) is 2.71. The van der Waals surface area contributed by atoms with E-state index in [9.17, 15) is 26.3 Å². The first-order chi connectivity index (χ1) is 6.68. The van der Waals surface area contributed by atoms with Crippen LogP contribution >= 0.6 is 0 Å². The minimum absolute atomic E-state index is 0.433. The van der Waals surface area contributed by atoms with Gasteiger partial charge in [-0.2, -0.15) is 22.0 Å². The zero-order valence-corrected chi connectivity index (χ0v) is 7.50. The number of halogens is 6. The summed E-state index contributed by atoms with van der Waals surface area (Å²) >= 11 is 0. The molecule has 15 heavy (non-hydrogen) atoms. The molecule has 0 amide bonds. The van der Waals surface area contributed by atoms with Crippen LogP contribution in [0.5, 0.6) is 0 Å². The molecule has 0 bridgehead atoms. The number of benzene rings is 1. The van der Waals surface area contributed by atoms with E-state index >= 15 is 0 Å². The van der Waals surface area contributed by atoms with Crippen molar-refractivity contribution in [2.75, 3.05) is 0 Å². The van der Waals surface area contributed by atoms with Crippen LogP contribution in [-0.2, 0) is 5.92 Å². The van der Waals surface area contributed by atoms with Crippen LogP contribution in [0.15, 0.2) is 18.2 Å². The normalized spacial score (nSPS) is 13.0. The molecule has 0 nitrogen and oxygen atoms in total. The fourth-order valence-corrected chi connectivity index (χ4v) is 1.17. The van der Waals surface area contributed by atoms with Crippen molar-refractivity contribution in [3.8, 4) is 0 Å². The zero-order valence-electron chi connectivity index (χ0n) is 7.50. The Morgan fingerprint density at radius 2 is 1.53 bits per heavy atom. The second-order valence-corrected chi connectivity index (χ2v) is 3.00. The van der Waals surface area contributed by atoms with Crippen LogP contribution in [0.4, 0.5) is 26.3 Å². The molecule has 0 heterocycles. The minimum Gasteiger partial charge on any atom is -0.206 e. The van der Waals surface area contributed by atoms with Gasteiger partial charge in [0.15, 0.2) is 0 Å².